The summed E-state index contributed by atoms with van der Waals surface area (Å²) in [5, 5.41) is 3.46. The Kier molecular flexibility index (Phi) is 3.39. The van der Waals surface area contributed by atoms with E-state index in [1.807, 2.05) is 0 Å². The average molecular weight is 204 g/mol. The molecule has 0 bridgehead atoms. The highest BCUT2D eigenvalue weighted by molar-refractivity contribution is 5.31. The van der Waals surface area contributed by atoms with Gasteiger partial charge in [-0.15, -0.1) is 0 Å². The fraction of sp³-hybridized carbons (Fsp3) is 0.538. The molecule has 1 aromatic carbocycles. The van der Waals surface area contributed by atoms with Crippen molar-refractivity contribution in [2.45, 2.75) is 31.7 Å². The van der Waals surface area contributed by atoms with Crippen LogP contribution in [-0.2, 0) is 0 Å². The van der Waals surface area contributed by atoms with Crippen molar-refractivity contribution in [3.63, 3.8) is 0 Å². The Bertz CT molecular complexity index is 316. The monoisotopic (exact) mass is 204 g/mol. The molecule has 1 fully saturated rings. The zero-order valence-corrected chi connectivity index (χ0v) is 9.37. The Morgan fingerprint density at radius 2 is 2.07 bits per heavy atom. The molecule has 0 aliphatic heterocycles. The molecule has 1 aliphatic rings. The summed E-state index contributed by atoms with van der Waals surface area (Å²) in [4.78, 5) is 0. The molecule has 0 atom stereocenters. The Morgan fingerprint density at radius 3 is 2.73 bits per heavy atom. The van der Waals surface area contributed by atoms with E-state index in [-0.39, 0.29) is 0 Å². The molecule has 0 saturated heterocycles. The van der Waals surface area contributed by atoms with Gasteiger partial charge in [0, 0.05) is 19.1 Å². The van der Waals surface area contributed by atoms with E-state index < -0.39 is 0 Å². The van der Waals surface area contributed by atoms with Crippen LogP contribution in [0.4, 0.5) is 0 Å². The molecule has 0 unspecified atom stereocenters. The molecule has 2 rings (SSSR count). The zero-order valence-electron chi connectivity index (χ0n) is 9.37. The van der Waals surface area contributed by atoms with Crippen molar-refractivity contribution in [3.8, 4) is 0 Å². The molecule has 1 aliphatic carbocycles. The molecular formula is C13H20N2. The number of aryl methyl sites for hydroxylation is 1. The lowest BCUT2D eigenvalue weighted by atomic mass is 9.74. The Labute approximate surface area is 91.9 Å². The van der Waals surface area contributed by atoms with Gasteiger partial charge in [0.05, 0.1) is 0 Å². The van der Waals surface area contributed by atoms with E-state index in [9.17, 15) is 0 Å². The molecular weight excluding hydrogens is 184 g/mol. The van der Waals surface area contributed by atoms with Gasteiger partial charge in [0.2, 0.25) is 0 Å². The number of hydrogen-bond acceptors (Lipinski definition) is 2. The predicted molar refractivity (Wildman–Crippen MR) is 64.0 cm³/mol. The van der Waals surface area contributed by atoms with Gasteiger partial charge in [-0.25, -0.2) is 0 Å². The average Bonchev–Trinajstić information content (AvgIpc) is 2.18. The molecule has 15 heavy (non-hydrogen) atoms. The fourth-order valence-corrected chi connectivity index (χ4v) is 2.37. The Balaban J connectivity index is 1.87. The second-order valence-corrected chi connectivity index (χ2v) is 4.46. The molecule has 3 N–H and O–H groups in total. The van der Waals surface area contributed by atoms with Crippen molar-refractivity contribution >= 4 is 0 Å². The van der Waals surface area contributed by atoms with Crippen LogP contribution in [-0.4, -0.2) is 19.1 Å². The lowest BCUT2D eigenvalue weighted by Gasteiger charge is -2.37. The smallest absolute Gasteiger partial charge is 0.00792 e. The van der Waals surface area contributed by atoms with E-state index in [0.717, 1.165) is 19.0 Å². The first kappa shape index (κ1) is 10.7. The standard InChI is InChI=1S/C13H20N2/c1-10-4-2-3-5-13(10)11-8-12(9-11)15-7-6-14/h2-5,11-12,15H,6-9,14H2,1H3. The lowest BCUT2D eigenvalue weighted by Crippen LogP contribution is -2.42. The number of hydrogen-bond donors (Lipinski definition) is 2. The highest BCUT2D eigenvalue weighted by Gasteiger charge is 2.30. The maximum absolute atomic E-state index is 5.46. The van der Waals surface area contributed by atoms with Gasteiger partial charge in [-0.2, -0.15) is 0 Å². The first-order chi connectivity index (χ1) is 7.31. The van der Waals surface area contributed by atoms with Crippen molar-refractivity contribution in [2.75, 3.05) is 13.1 Å². The molecule has 0 spiro atoms. The molecule has 0 aromatic heterocycles. The highest BCUT2D eigenvalue weighted by Crippen LogP contribution is 2.37. The van der Waals surface area contributed by atoms with Crippen LogP contribution in [0.5, 0.6) is 0 Å². The maximum Gasteiger partial charge on any atom is 0.00792 e. The van der Waals surface area contributed by atoms with Crippen LogP contribution in [0, 0.1) is 6.92 Å². The Hall–Kier alpha value is -0.860. The van der Waals surface area contributed by atoms with Crippen LogP contribution < -0.4 is 11.1 Å². The van der Waals surface area contributed by atoms with Crippen molar-refractivity contribution < 1.29 is 0 Å². The molecule has 1 saturated carbocycles. The Morgan fingerprint density at radius 1 is 1.33 bits per heavy atom. The predicted octanol–water partition coefficient (Wildman–Crippen LogP) is 1.79. The summed E-state index contributed by atoms with van der Waals surface area (Å²) in [5.41, 5.74) is 8.42. The van der Waals surface area contributed by atoms with Crippen LogP contribution in [0.25, 0.3) is 0 Å². The van der Waals surface area contributed by atoms with Crippen LogP contribution in [0.1, 0.15) is 29.9 Å². The number of nitrogens with two attached hydrogens (primary N) is 1. The highest BCUT2D eigenvalue weighted by atomic mass is 14.9. The molecule has 1 aromatic rings. The summed E-state index contributed by atoms with van der Waals surface area (Å²) in [7, 11) is 0. The van der Waals surface area contributed by atoms with Gasteiger partial charge in [-0.05, 0) is 36.8 Å². The number of rotatable bonds is 4. The number of nitrogens with one attached hydrogen (secondary N) is 1. The van der Waals surface area contributed by atoms with E-state index in [2.05, 4.69) is 36.5 Å². The zero-order chi connectivity index (χ0) is 10.7. The summed E-state index contributed by atoms with van der Waals surface area (Å²) in [6, 6.07) is 9.41. The second kappa shape index (κ2) is 4.77. The summed E-state index contributed by atoms with van der Waals surface area (Å²) in [6.07, 6.45) is 2.54. The first-order valence-electron chi connectivity index (χ1n) is 5.80. The second-order valence-electron chi connectivity index (χ2n) is 4.46. The summed E-state index contributed by atoms with van der Waals surface area (Å²) in [6.45, 7) is 3.90. The van der Waals surface area contributed by atoms with E-state index >= 15 is 0 Å². The molecule has 0 radical (unpaired) electrons. The van der Waals surface area contributed by atoms with E-state index in [1.165, 1.54) is 24.0 Å². The SMILES string of the molecule is Cc1ccccc1C1CC(NCCN)C1. The third kappa shape index (κ3) is 2.39. The largest absolute Gasteiger partial charge is 0.329 e. The third-order valence-electron chi connectivity index (χ3n) is 3.34. The summed E-state index contributed by atoms with van der Waals surface area (Å²) < 4.78 is 0. The first-order valence-corrected chi connectivity index (χ1v) is 5.80. The van der Waals surface area contributed by atoms with Gasteiger partial charge in [0.15, 0.2) is 0 Å². The molecule has 0 heterocycles. The molecule has 0 amide bonds. The summed E-state index contributed by atoms with van der Waals surface area (Å²) in [5.74, 6) is 0.765. The van der Waals surface area contributed by atoms with Crippen molar-refractivity contribution in [1.29, 1.82) is 0 Å². The van der Waals surface area contributed by atoms with Crippen molar-refractivity contribution in [1.82, 2.24) is 5.32 Å². The molecule has 2 heteroatoms. The fourth-order valence-electron chi connectivity index (χ4n) is 2.37. The van der Waals surface area contributed by atoms with Crippen LogP contribution in [0.15, 0.2) is 24.3 Å². The van der Waals surface area contributed by atoms with Gasteiger partial charge in [0.25, 0.3) is 0 Å². The van der Waals surface area contributed by atoms with E-state index in [0.29, 0.717) is 6.04 Å². The van der Waals surface area contributed by atoms with Crippen molar-refractivity contribution in [2.24, 2.45) is 5.73 Å². The van der Waals surface area contributed by atoms with Crippen molar-refractivity contribution in [3.05, 3.63) is 35.4 Å². The summed E-state index contributed by atoms with van der Waals surface area (Å²) >= 11 is 0. The minimum Gasteiger partial charge on any atom is -0.329 e. The van der Waals surface area contributed by atoms with E-state index in [4.69, 9.17) is 5.73 Å². The van der Waals surface area contributed by atoms with Gasteiger partial charge in [-0.1, -0.05) is 24.3 Å². The van der Waals surface area contributed by atoms with Crippen LogP contribution in [0.2, 0.25) is 0 Å². The minimum absolute atomic E-state index is 0.693. The molecule has 2 nitrogen and oxygen atoms in total. The van der Waals surface area contributed by atoms with Gasteiger partial charge < -0.3 is 11.1 Å². The minimum atomic E-state index is 0.693. The van der Waals surface area contributed by atoms with Crippen LogP contribution >= 0.6 is 0 Å². The normalized spacial score (nSPS) is 24.9. The van der Waals surface area contributed by atoms with Gasteiger partial charge in [-0.3, -0.25) is 0 Å². The van der Waals surface area contributed by atoms with Gasteiger partial charge >= 0.3 is 0 Å². The van der Waals surface area contributed by atoms with Gasteiger partial charge in [0.1, 0.15) is 0 Å². The third-order valence-corrected chi connectivity index (χ3v) is 3.34. The topological polar surface area (TPSA) is 38.0 Å². The van der Waals surface area contributed by atoms with Crippen LogP contribution in [0.3, 0.4) is 0 Å². The van der Waals surface area contributed by atoms with E-state index in [1.54, 1.807) is 0 Å². The maximum atomic E-state index is 5.46. The quantitative estimate of drug-likeness (QED) is 0.784. The number of benzene rings is 1. The molecule has 82 valence electrons. The lowest BCUT2D eigenvalue weighted by molar-refractivity contribution is 0.293.